The Balaban J connectivity index is 1.66. The fraction of sp³-hybridized carbons (Fsp3) is 0.444. The predicted octanol–water partition coefficient (Wildman–Crippen LogP) is 5.19. The maximum atomic E-state index is 5.73. The number of hydrogen-bond donors (Lipinski definition) is 0. The Hall–Kier alpha value is -1.28. The molecule has 132 valence electrons. The zero-order valence-electron chi connectivity index (χ0n) is 14.5. The highest BCUT2D eigenvalue weighted by Gasteiger charge is 2.27. The summed E-state index contributed by atoms with van der Waals surface area (Å²) < 4.78 is 4.97. The lowest BCUT2D eigenvalue weighted by Crippen LogP contribution is -2.36. The molecule has 0 aliphatic carbocycles. The van der Waals surface area contributed by atoms with Gasteiger partial charge in [0, 0.05) is 24.0 Å². The van der Waals surface area contributed by atoms with Crippen LogP contribution < -0.4 is 0 Å². The largest absolute Gasteiger partial charge is 0.300 e. The summed E-state index contributed by atoms with van der Waals surface area (Å²) in [4.78, 5) is 5.25. The van der Waals surface area contributed by atoms with Gasteiger partial charge in [0.05, 0.1) is 11.5 Å². The SMILES string of the molecule is CC[C@@H]1c2ccsc2CCN1Cn1nc(-c2cccs2)n(CC)c1=S. The highest BCUT2D eigenvalue weighted by molar-refractivity contribution is 7.71. The van der Waals surface area contributed by atoms with Crippen molar-refractivity contribution in [1.29, 1.82) is 0 Å². The van der Waals surface area contributed by atoms with Gasteiger partial charge in [0.2, 0.25) is 0 Å². The molecule has 3 aromatic heterocycles. The number of hydrogen-bond acceptors (Lipinski definition) is 5. The summed E-state index contributed by atoms with van der Waals surface area (Å²) in [5.41, 5.74) is 1.50. The highest BCUT2D eigenvalue weighted by Crippen LogP contribution is 2.35. The van der Waals surface area contributed by atoms with Gasteiger partial charge in [-0.15, -0.1) is 27.8 Å². The van der Waals surface area contributed by atoms with E-state index in [9.17, 15) is 0 Å². The number of fused-ring (bicyclic) bond motifs is 1. The van der Waals surface area contributed by atoms with Crippen LogP contribution in [0.1, 0.15) is 36.8 Å². The summed E-state index contributed by atoms with van der Waals surface area (Å²) in [7, 11) is 0. The second-order valence-electron chi connectivity index (χ2n) is 6.25. The van der Waals surface area contributed by atoms with Crippen molar-refractivity contribution in [2.24, 2.45) is 0 Å². The number of thiophene rings is 2. The van der Waals surface area contributed by atoms with Crippen molar-refractivity contribution in [2.75, 3.05) is 6.54 Å². The smallest absolute Gasteiger partial charge is 0.199 e. The van der Waals surface area contributed by atoms with Crippen LogP contribution in [0.25, 0.3) is 10.7 Å². The van der Waals surface area contributed by atoms with Gasteiger partial charge < -0.3 is 0 Å². The van der Waals surface area contributed by atoms with Crippen LogP contribution >= 0.6 is 34.9 Å². The zero-order chi connectivity index (χ0) is 17.4. The molecule has 1 aliphatic rings. The lowest BCUT2D eigenvalue weighted by molar-refractivity contribution is 0.129. The Kier molecular flexibility index (Phi) is 4.90. The van der Waals surface area contributed by atoms with E-state index >= 15 is 0 Å². The van der Waals surface area contributed by atoms with Gasteiger partial charge in [-0.05, 0) is 60.4 Å². The first-order chi connectivity index (χ1) is 12.2. The third-order valence-electron chi connectivity index (χ3n) is 4.89. The minimum absolute atomic E-state index is 0.467. The van der Waals surface area contributed by atoms with Gasteiger partial charge in [0.15, 0.2) is 10.6 Å². The third kappa shape index (κ3) is 3.03. The lowest BCUT2D eigenvalue weighted by atomic mass is 9.98. The Labute approximate surface area is 161 Å². The molecular weight excluding hydrogens is 368 g/mol. The van der Waals surface area contributed by atoms with E-state index in [0.29, 0.717) is 6.04 Å². The van der Waals surface area contributed by atoms with E-state index in [4.69, 9.17) is 17.3 Å². The van der Waals surface area contributed by atoms with Crippen LogP contribution in [-0.2, 0) is 19.6 Å². The molecule has 7 heteroatoms. The summed E-state index contributed by atoms with van der Waals surface area (Å²) >= 11 is 9.34. The average molecular weight is 391 g/mol. The van der Waals surface area contributed by atoms with Crippen molar-refractivity contribution >= 4 is 34.9 Å². The van der Waals surface area contributed by atoms with E-state index in [1.165, 1.54) is 10.4 Å². The normalized spacial score (nSPS) is 17.8. The standard InChI is InChI=1S/C18H22N4S3/c1-3-14-13-8-11-25-15(13)7-9-20(14)12-22-18(23)21(4-2)17(19-22)16-6-5-10-24-16/h5-6,8,10-11,14H,3-4,7,9,12H2,1-2H3/t14-/m1/s1. The van der Waals surface area contributed by atoms with Gasteiger partial charge >= 0.3 is 0 Å². The van der Waals surface area contributed by atoms with E-state index in [-0.39, 0.29) is 0 Å². The molecule has 0 N–H and O–H groups in total. The highest BCUT2D eigenvalue weighted by atomic mass is 32.1. The van der Waals surface area contributed by atoms with Gasteiger partial charge in [-0.3, -0.25) is 9.47 Å². The summed E-state index contributed by atoms with van der Waals surface area (Å²) in [5, 5.41) is 9.19. The molecule has 0 saturated carbocycles. The van der Waals surface area contributed by atoms with Crippen LogP contribution in [0.5, 0.6) is 0 Å². The molecule has 4 nitrogen and oxygen atoms in total. The lowest BCUT2D eigenvalue weighted by Gasteiger charge is -2.35. The molecule has 0 aromatic carbocycles. The summed E-state index contributed by atoms with van der Waals surface area (Å²) in [6, 6.07) is 6.94. The van der Waals surface area contributed by atoms with Crippen LogP contribution in [0.3, 0.4) is 0 Å². The molecule has 1 aliphatic heterocycles. The predicted molar refractivity (Wildman–Crippen MR) is 108 cm³/mol. The second-order valence-corrected chi connectivity index (χ2v) is 8.57. The maximum absolute atomic E-state index is 5.73. The van der Waals surface area contributed by atoms with Gasteiger partial charge in [-0.2, -0.15) is 0 Å². The van der Waals surface area contributed by atoms with Crippen molar-refractivity contribution in [3.8, 4) is 10.7 Å². The summed E-state index contributed by atoms with van der Waals surface area (Å²) in [6.07, 6.45) is 2.24. The van der Waals surface area contributed by atoms with E-state index < -0.39 is 0 Å². The fourth-order valence-electron chi connectivity index (χ4n) is 3.67. The molecule has 0 bridgehead atoms. The van der Waals surface area contributed by atoms with Gasteiger partial charge in [-0.1, -0.05) is 13.0 Å². The first kappa shape index (κ1) is 17.1. The molecule has 4 heterocycles. The molecule has 0 spiro atoms. The quantitative estimate of drug-likeness (QED) is 0.561. The molecule has 0 amide bonds. The minimum Gasteiger partial charge on any atom is -0.300 e. The zero-order valence-corrected chi connectivity index (χ0v) is 17.0. The van der Waals surface area contributed by atoms with Gasteiger partial charge in [-0.25, -0.2) is 4.68 Å². The van der Waals surface area contributed by atoms with Crippen molar-refractivity contribution in [2.45, 2.75) is 45.9 Å². The van der Waals surface area contributed by atoms with E-state index in [0.717, 1.165) is 43.2 Å². The summed E-state index contributed by atoms with van der Waals surface area (Å²) in [6.45, 7) is 7.08. The topological polar surface area (TPSA) is 26.0 Å². The Morgan fingerprint density at radius 1 is 1.24 bits per heavy atom. The van der Waals surface area contributed by atoms with Crippen molar-refractivity contribution in [1.82, 2.24) is 19.2 Å². The molecule has 3 aromatic rings. The molecule has 0 fully saturated rings. The molecule has 0 unspecified atom stereocenters. The first-order valence-corrected chi connectivity index (χ1v) is 10.9. The monoisotopic (exact) mass is 390 g/mol. The van der Waals surface area contributed by atoms with E-state index in [1.54, 1.807) is 16.2 Å². The second kappa shape index (κ2) is 7.15. The van der Waals surface area contributed by atoms with Crippen LogP contribution in [-0.4, -0.2) is 25.8 Å². The van der Waals surface area contributed by atoms with Crippen molar-refractivity contribution < 1.29 is 0 Å². The number of rotatable bonds is 5. The Morgan fingerprint density at radius 3 is 2.84 bits per heavy atom. The van der Waals surface area contributed by atoms with Crippen LogP contribution in [0.2, 0.25) is 0 Å². The minimum atomic E-state index is 0.467. The van der Waals surface area contributed by atoms with Crippen LogP contribution in [0, 0.1) is 4.77 Å². The van der Waals surface area contributed by atoms with Crippen LogP contribution in [0.15, 0.2) is 29.0 Å². The molecule has 0 radical (unpaired) electrons. The van der Waals surface area contributed by atoms with Crippen molar-refractivity contribution in [3.05, 3.63) is 44.2 Å². The summed E-state index contributed by atoms with van der Waals surface area (Å²) in [5.74, 6) is 0.990. The Morgan fingerprint density at radius 2 is 2.12 bits per heavy atom. The Bertz CT molecular complexity index is 903. The fourth-order valence-corrected chi connectivity index (χ4v) is 5.63. The molecular formula is C18H22N4S3. The number of nitrogens with zero attached hydrogens (tertiary/aromatic N) is 4. The average Bonchev–Trinajstić information content (AvgIpc) is 3.35. The van der Waals surface area contributed by atoms with Crippen molar-refractivity contribution in [3.63, 3.8) is 0 Å². The molecule has 1 atom stereocenters. The molecule has 0 saturated heterocycles. The van der Waals surface area contributed by atoms with Gasteiger partial charge in [0.25, 0.3) is 0 Å². The van der Waals surface area contributed by atoms with E-state index in [1.807, 2.05) is 16.0 Å². The molecule has 25 heavy (non-hydrogen) atoms. The third-order valence-corrected chi connectivity index (χ3v) is 7.18. The van der Waals surface area contributed by atoms with E-state index in [2.05, 4.69) is 52.3 Å². The van der Waals surface area contributed by atoms with Gasteiger partial charge in [0.1, 0.15) is 0 Å². The first-order valence-electron chi connectivity index (χ1n) is 8.74. The molecule has 4 rings (SSSR count). The van der Waals surface area contributed by atoms with Crippen LogP contribution in [0.4, 0.5) is 0 Å². The number of aromatic nitrogens is 3. The maximum Gasteiger partial charge on any atom is 0.199 e.